The van der Waals surface area contributed by atoms with Crippen molar-refractivity contribution in [3.05, 3.63) is 65.2 Å². The molecule has 0 spiro atoms. The number of aryl methyl sites for hydroxylation is 2. The van der Waals surface area contributed by atoms with E-state index in [9.17, 15) is 19.5 Å². The molecule has 2 unspecified atom stereocenters. The minimum absolute atomic E-state index is 0.0279. The molecule has 3 N–H and O–H groups in total. The van der Waals surface area contributed by atoms with E-state index < -0.39 is 35.6 Å². The van der Waals surface area contributed by atoms with Crippen molar-refractivity contribution in [2.45, 2.75) is 52.3 Å². The van der Waals surface area contributed by atoms with Crippen molar-refractivity contribution < 1.29 is 24.2 Å². The minimum Gasteiger partial charge on any atom is -0.444 e. The summed E-state index contributed by atoms with van der Waals surface area (Å²) < 4.78 is 5.28. The van der Waals surface area contributed by atoms with Crippen LogP contribution in [0.3, 0.4) is 0 Å². The van der Waals surface area contributed by atoms with Crippen LogP contribution in [0.25, 0.3) is 0 Å². The van der Waals surface area contributed by atoms with Gasteiger partial charge >= 0.3 is 6.09 Å². The van der Waals surface area contributed by atoms with Crippen LogP contribution in [0.15, 0.2) is 48.5 Å². The lowest BCUT2D eigenvalue weighted by molar-refractivity contribution is -0.140. The van der Waals surface area contributed by atoms with Crippen molar-refractivity contribution in [1.82, 2.24) is 10.2 Å². The van der Waals surface area contributed by atoms with E-state index in [1.165, 1.54) is 4.90 Å². The number of carbonyl (C=O) groups excluding carboxylic acids is 3. The number of aliphatic hydroxyl groups is 1. The number of rotatable bonds is 9. The molecule has 9 heteroatoms. The molecule has 0 aliphatic heterocycles. The van der Waals surface area contributed by atoms with Gasteiger partial charge in [0.15, 0.2) is 0 Å². The van der Waals surface area contributed by atoms with E-state index in [1.54, 1.807) is 39.0 Å². The molecule has 0 aromatic heterocycles. The lowest BCUT2D eigenvalue weighted by atomic mass is 9.98. The van der Waals surface area contributed by atoms with Gasteiger partial charge in [0, 0.05) is 18.0 Å². The Morgan fingerprint density at radius 3 is 2.17 bits per heavy atom. The number of nitrogens with zero attached hydrogens (tertiary/aromatic N) is 1. The summed E-state index contributed by atoms with van der Waals surface area (Å²) in [5, 5.41) is 15.3. The van der Waals surface area contributed by atoms with Crippen molar-refractivity contribution >= 4 is 36.2 Å². The van der Waals surface area contributed by atoms with Gasteiger partial charge in [0.2, 0.25) is 5.91 Å². The van der Waals surface area contributed by atoms with Crippen LogP contribution in [-0.2, 0) is 14.3 Å². The zero-order valence-corrected chi connectivity index (χ0v) is 21.8. The van der Waals surface area contributed by atoms with Gasteiger partial charge in [-0.3, -0.25) is 9.59 Å². The fourth-order valence-corrected chi connectivity index (χ4v) is 3.82. The highest BCUT2D eigenvalue weighted by molar-refractivity contribution is 7.80. The molecule has 2 aromatic carbocycles. The Morgan fingerprint density at radius 1 is 1.03 bits per heavy atom. The SMILES string of the molecule is Cc1ccccc1NC(=O)C(c1ccccc1C)N(CCO)C(=O)C(CS)NC(=O)OC(C)(C)C. The summed E-state index contributed by atoms with van der Waals surface area (Å²) in [4.78, 5) is 40.9. The standard InChI is InChI=1S/C26H35N3O5S/c1-17-10-6-8-12-19(17)22(23(31)27-20-13-9-7-11-18(20)2)29(14-15-30)24(32)21(16-35)28-25(33)34-26(3,4)5/h6-13,21-22,30,35H,14-16H2,1-5H3,(H,27,31)(H,28,33). The van der Waals surface area contributed by atoms with Crippen molar-refractivity contribution in [3.63, 3.8) is 0 Å². The van der Waals surface area contributed by atoms with Crippen LogP contribution >= 0.6 is 12.6 Å². The Kier molecular flexibility index (Phi) is 10.2. The van der Waals surface area contributed by atoms with Crippen molar-refractivity contribution in [3.8, 4) is 0 Å². The lowest BCUT2D eigenvalue weighted by Gasteiger charge is -2.34. The average Bonchev–Trinajstić information content (AvgIpc) is 2.78. The molecule has 0 aliphatic rings. The molecule has 2 aromatic rings. The van der Waals surface area contributed by atoms with Crippen molar-refractivity contribution in [1.29, 1.82) is 0 Å². The largest absolute Gasteiger partial charge is 0.444 e. The number of para-hydroxylation sites is 1. The Morgan fingerprint density at radius 2 is 1.63 bits per heavy atom. The highest BCUT2D eigenvalue weighted by Gasteiger charge is 2.36. The van der Waals surface area contributed by atoms with Crippen LogP contribution in [0.4, 0.5) is 10.5 Å². The van der Waals surface area contributed by atoms with E-state index in [4.69, 9.17) is 4.74 Å². The van der Waals surface area contributed by atoms with Gasteiger partial charge in [-0.1, -0.05) is 42.5 Å². The molecule has 2 atom stereocenters. The Labute approximate surface area is 212 Å². The average molecular weight is 502 g/mol. The van der Waals surface area contributed by atoms with Crippen LogP contribution in [0.2, 0.25) is 0 Å². The Balaban J connectivity index is 2.45. The van der Waals surface area contributed by atoms with Gasteiger partial charge in [-0.2, -0.15) is 12.6 Å². The molecule has 190 valence electrons. The molecule has 0 saturated carbocycles. The number of thiol groups is 1. The molecular weight excluding hydrogens is 466 g/mol. The molecule has 2 rings (SSSR count). The smallest absolute Gasteiger partial charge is 0.408 e. The fourth-order valence-electron chi connectivity index (χ4n) is 3.57. The van der Waals surface area contributed by atoms with E-state index in [-0.39, 0.29) is 18.9 Å². The summed E-state index contributed by atoms with van der Waals surface area (Å²) in [7, 11) is 0. The van der Waals surface area contributed by atoms with Crippen LogP contribution < -0.4 is 10.6 Å². The quantitative estimate of drug-likeness (QED) is 0.393. The first kappa shape index (κ1) is 28.2. The van der Waals surface area contributed by atoms with Crippen LogP contribution in [0.5, 0.6) is 0 Å². The monoisotopic (exact) mass is 501 g/mol. The van der Waals surface area contributed by atoms with Gasteiger partial charge in [0.05, 0.1) is 6.61 Å². The summed E-state index contributed by atoms with van der Waals surface area (Å²) >= 11 is 4.24. The maximum atomic E-state index is 13.6. The Bertz CT molecular complexity index is 1040. The molecule has 35 heavy (non-hydrogen) atoms. The third-order valence-electron chi connectivity index (χ3n) is 5.24. The molecule has 3 amide bonds. The van der Waals surface area contributed by atoms with Gasteiger partial charge < -0.3 is 25.4 Å². The molecule has 0 bridgehead atoms. The Hall–Kier alpha value is -3.04. The maximum absolute atomic E-state index is 13.6. The van der Waals surface area contributed by atoms with E-state index >= 15 is 0 Å². The van der Waals surface area contributed by atoms with Gasteiger partial charge in [-0.05, 0) is 57.4 Å². The first-order valence-corrected chi connectivity index (χ1v) is 12.1. The minimum atomic E-state index is -1.07. The zero-order valence-electron chi connectivity index (χ0n) is 20.9. The number of benzene rings is 2. The highest BCUT2D eigenvalue weighted by atomic mass is 32.1. The van der Waals surface area contributed by atoms with Crippen LogP contribution in [0, 0.1) is 13.8 Å². The first-order valence-electron chi connectivity index (χ1n) is 11.4. The number of aliphatic hydroxyl groups excluding tert-OH is 1. The number of ether oxygens (including phenoxy) is 1. The summed E-state index contributed by atoms with van der Waals surface area (Å²) in [6.45, 7) is 8.36. The number of nitrogens with one attached hydrogen (secondary N) is 2. The van der Waals surface area contributed by atoms with Crippen LogP contribution in [0.1, 0.15) is 43.5 Å². The van der Waals surface area contributed by atoms with E-state index in [2.05, 4.69) is 23.3 Å². The van der Waals surface area contributed by atoms with E-state index in [0.29, 0.717) is 11.3 Å². The lowest BCUT2D eigenvalue weighted by Crippen LogP contribution is -2.54. The maximum Gasteiger partial charge on any atom is 0.408 e. The van der Waals surface area contributed by atoms with E-state index in [1.807, 2.05) is 44.2 Å². The van der Waals surface area contributed by atoms with Gasteiger partial charge in [0.1, 0.15) is 17.7 Å². The molecule has 0 heterocycles. The third-order valence-corrected chi connectivity index (χ3v) is 5.61. The van der Waals surface area contributed by atoms with E-state index in [0.717, 1.165) is 11.1 Å². The predicted octanol–water partition coefficient (Wildman–Crippen LogP) is 3.63. The van der Waals surface area contributed by atoms with Crippen molar-refractivity contribution in [2.75, 3.05) is 24.2 Å². The van der Waals surface area contributed by atoms with Gasteiger partial charge in [-0.15, -0.1) is 0 Å². The first-order chi connectivity index (χ1) is 16.5. The topological polar surface area (TPSA) is 108 Å². The molecule has 0 fully saturated rings. The number of amides is 3. The summed E-state index contributed by atoms with van der Waals surface area (Å²) in [6, 6.07) is 12.4. The molecule has 8 nitrogen and oxygen atoms in total. The highest BCUT2D eigenvalue weighted by Crippen LogP contribution is 2.27. The summed E-state index contributed by atoms with van der Waals surface area (Å²) in [5.74, 6) is -1.03. The van der Waals surface area contributed by atoms with Gasteiger partial charge in [-0.25, -0.2) is 4.79 Å². The number of carbonyl (C=O) groups is 3. The second-order valence-electron chi connectivity index (χ2n) is 9.20. The summed E-state index contributed by atoms with van der Waals surface area (Å²) in [5.41, 5.74) is 2.14. The fraction of sp³-hybridized carbons (Fsp3) is 0.423. The number of hydrogen-bond donors (Lipinski definition) is 4. The van der Waals surface area contributed by atoms with Crippen LogP contribution in [-0.4, -0.2) is 58.5 Å². The normalized spacial score (nSPS) is 12.9. The predicted molar refractivity (Wildman–Crippen MR) is 140 cm³/mol. The third kappa shape index (κ3) is 8.00. The second-order valence-corrected chi connectivity index (χ2v) is 9.57. The number of anilines is 1. The molecular formula is C26H35N3O5S. The number of hydrogen-bond acceptors (Lipinski definition) is 6. The molecule has 0 saturated heterocycles. The molecule has 0 radical (unpaired) electrons. The van der Waals surface area contributed by atoms with Crippen molar-refractivity contribution in [2.24, 2.45) is 0 Å². The second kappa shape index (κ2) is 12.6. The van der Waals surface area contributed by atoms with Gasteiger partial charge in [0.25, 0.3) is 5.91 Å². The summed E-state index contributed by atoms with van der Waals surface area (Å²) in [6.07, 6.45) is -0.773. The number of alkyl carbamates (subject to hydrolysis) is 1. The molecule has 0 aliphatic carbocycles. The zero-order chi connectivity index (χ0) is 26.2.